The Hall–Kier alpha value is -1.56. The third kappa shape index (κ3) is 4.52. The van der Waals surface area contributed by atoms with Gasteiger partial charge in [-0.15, -0.1) is 0 Å². The average molecular weight is 296 g/mol. The van der Waals surface area contributed by atoms with E-state index in [0.717, 1.165) is 18.4 Å². The largest absolute Gasteiger partial charge is 0.481 e. The summed E-state index contributed by atoms with van der Waals surface area (Å²) in [6, 6.07) is 2.15. The summed E-state index contributed by atoms with van der Waals surface area (Å²) in [5.74, 6) is -0.830. The molecular formula is C14H20N2O3S. The van der Waals surface area contributed by atoms with Gasteiger partial charge in [0.2, 0.25) is 0 Å². The van der Waals surface area contributed by atoms with Crippen LogP contribution in [0.25, 0.3) is 0 Å². The van der Waals surface area contributed by atoms with Gasteiger partial charge in [0.1, 0.15) is 0 Å². The molecule has 2 rings (SSSR count). The molecule has 1 saturated carbocycles. The fraction of sp³-hybridized carbons (Fsp3) is 0.571. The lowest BCUT2D eigenvalue weighted by molar-refractivity contribution is -0.137. The van der Waals surface area contributed by atoms with Gasteiger partial charge < -0.3 is 15.3 Å². The van der Waals surface area contributed by atoms with Crippen LogP contribution in [0, 0.1) is 0 Å². The maximum absolute atomic E-state index is 12.3. The summed E-state index contributed by atoms with van der Waals surface area (Å²) >= 11 is 1.63. The van der Waals surface area contributed by atoms with Crippen LogP contribution in [0.2, 0.25) is 0 Å². The highest BCUT2D eigenvalue weighted by Crippen LogP contribution is 2.28. The van der Waals surface area contributed by atoms with Crippen molar-refractivity contribution in [1.29, 1.82) is 0 Å². The number of carbonyl (C=O) groups is 2. The molecule has 1 aromatic rings. The molecule has 1 aliphatic carbocycles. The molecule has 1 fully saturated rings. The van der Waals surface area contributed by atoms with Crippen molar-refractivity contribution in [2.45, 2.75) is 51.2 Å². The summed E-state index contributed by atoms with van der Waals surface area (Å²) in [6.45, 7) is 2.47. The van der Waals surface area contributed by atoms with E-state index in [-0.39, 0.29) is 18.5 Å². The Kier molecular flexibility index (Phi) is 5.00. The van der Waals surface area contributed by atoms with Crippen molar-refractivity contribution in [3.63, 3.8) is 0 Å². The Morgan fingerprint density at radius 2 is 2.30 bits per heavy atom. The number of carboxylic acid groups (broad SMARTS) is 1. The van der Waals surface area contributed by atoms with Crippen LogP contribution in [0.4, 0.5) is 4.79 Å². The molecule has 0 aliphatic heterocycles. The van der Waals surface area contributed by atoms with Crippen molar-refractivity contribution in [3.05, 3.63) is 22.4 Å². The monoisotopic (exact) mass is 296 g/mol. The minimum absolute atomic E-state index is 0.0788. The van der Waals surface area contributed by atoms with Gasteiger partial charge in [0.15, 0.2) is 0 Å². The lowest BCUT2D eigenvalue weighted by Gasteiger charge is -2.24. The molecule has 2 amide bonds. The number of carboxylic acids is 1. The molecule has 6 heteroatoms. The van der Waals surface area contributed by atoms with Crippen LogP contribution in [-0.4, -0.2) is 34.1 Å². The van der Waals surface area contributed by atoms with Gasteiger partial charge in [-0.1, -0.05) is 0 Å². The van der Waals surface area contributed by atoms with Crippen LogP contribution < -0.4 is 5.32 Å². The summed E-state index contributed by atoms with van der Waals surface area (Å²) in [4.78, 5) is 24.7. The molecule has 0 bridgehead atoms. The van der Waals surface area contributed by atoms with E-state index in [1.165, 1.54) is 0 Å². The highest BCUT2D eigenvalue weighted by molar-refractivity contribution is 7.07. The van der Waals surface area contributed by atoms with Gasteiger partial charge in [-0.05, 0) is 48.6 Å². The molecule has 1 aromatic heterocycles. The first-order valence-corrected chi connectivity index (χ1v) is 7.80. The zero-order valence-corrected chi connectivity index (χ0v) is 12.4. The Morgan fingerprint density at radius 1 is 1.55 bits per heavy atom. The summed E-state index contributed by atoms with van der Waals surface area (Å²) < 4.78 is 0. The number of hydrogen-bond donors (Lipinski definition) is 2. The first kappa shape index (κ1) is 14.8. The van der Waals surface area contributed by atoms with Crippen molar-refractivity contribution in [2.24, 2.45) is 0 Å². The number of nitrogens with zero attached hydrogens (tertiary/aromatic N) is 1. The third-order valence-corrected chi connectivity index (χ3v) is 4.07. The van der Waals surface area contributed by atoms with Crippen LogP contribution in [0.3, 0.4) is 0 Å². The molecule has 0 spiro atoms. The van der Waals surface area contributed by atoms with Gasteiger partial charge >= 0.3 is 12.0 Å². The maximum Gasteiger partial charge on any atom is 0.318 e. The number of urea groups is 1. The summed E-state index contributed by atoms with van der Waals surface area (Å²) in [5, 5.41) is 15.6. The van der Waals surface area contributed by atoms with Gasteiger partial charge in [-0.25, -0.2) is 4.79 Å². The van der Waals surface area contributed by atoms with Crippen molar-refractivity contribution in [1.82, 2.24) is 10.2 Å². The standard InChI is InChI=1S/C14H20N2O3S/c1-10(2-5-13(17)18)15-14(19)16(12-3-4-12)8-11-6-7-20-9-11/h6-7,9-10,12H,2-5,8H2,1H3,(H,15,19)(H,17,18). The molecule has 20 heavy (non-hydrogen) atoms. The first-order valence-electron chi connectivity index (χ1n) is 6.86. The van der Waals surface area contributed by atoms with E-state index in [1.54, 1.807) is 11.3 Å². The van der Waals surface area contributed by atoms with E-state index in [4.69, 9.17) is 5.11 Å². The summed E-state index contributed by atoms with van der Waals surface area (Å²) in [5.41, 5.74) is 1.15. The molecule has 2 N–H and O–H groups in total. The molecule has 5 nitrogen and oxygen atoms in total. The van der Waals surface area contributed by atoms with E-state index >= 15 is 0 Å². The first-order chi connectivity index (χ1) is 9.56. The molecule has 1 aliphatic rings. The number of amides is 2. The van der Waals surface area contributed by atoms with E-state index in [1.807, 2.05) is 23.3 Å². The molecule has 1 atom stereocenters. The van der Waals surface area contributed by atoms with Crippen LogP contribution in [0.1, 0.15) is 38.2 Å². The fourth-order valence-electron chi connectivity index (χ4n) is 2.04. The third-order valence-electron chi connectivity index (χ3n) is 3.34. The quantitative estimate of drug-likeness (QED) is 0.812. The predicted octanol–water partition coefficient (Wildman–Crippen LogP) is 2.68. The van der Waals surface area contributed by atoms with Crippen molar-refractivity contribution in [3.8, 4) is 0 Å². The van der Waals surface area contributed by atoms with Crippen molar-refractivity contribution < 1.29 is 14.7 Å². The molecule has 0 radical (unpaired) electrons. The Bertz CT molecular complexity index is 457. The minimum atomic E-state index is -0.830. The summed E-state index contributed by atoms with van der Waals surface area (Å²) in [6.07, 6.45) is 2.65. The molecule has 0 aromatic carbocycles. The second-order valence-corrected chi connectivity index (χ2v) is 6.05. The zero-order chi connectivity index (χ0) is 14.5. The van der Waals surface area contributed by atoms with Crippen LogP contribution >= 0.6 is 11.3 Å². The second kappa shape index (κ2) is 6.74. The molecular weight excluding hydrogens is 276 g/mol. The van der Waals surface area contributed by atoms with E-state index in [0.29, 0.717) is 19.0 Å². The normalized spacial score (nSPS) is 15.7. The number of carbonyl (C=O) groups excluding carboxylic acids is 1. The molecule has 1 unspecified atom stereocenters. The number of nitrogens with one attached hydrogen (secondary N) is 1. The van der Waals surface area contributed by atoms with E-state index in [9.17, 15) is 9.59 Å². The number of aliphatic carboxylic acids is 1. The van der Waals surface area contributed by atoms with Gasteiger partial charge in [-0.3, -0.25) is 4.79 Å². The lowest BCUT2D eigenvalue weighted by atomic mass is 10.2. The topological polar surface area (TPSA) is 69.6 Å². The Labute approximate surface area is 122 Å². The SMILES string of the molecule is CC(CCC(=O)O)NC(=O)N(Cc1ccsc1)C1CC1. The number of hydrogen-bond acceptors (Lipinski definition) is 3. The van der Waals surface area contributed by atoms with Gasteiger partial charge in [0.25, 0.3) is 0 Å². The lowest BCUT2D eigenvalue weighted by Crippen LogP contribution is -2.44. The minimum Gasteiger partial charge on any atom is -0.481 e. The second-order valence-electron chi connectivity index (χ2n) is 5.27. The highest BCUT2D eigenvalue weighted by atomic mass is 32.1. The fourth-order valence-corrected chi connectivity index (χ4v) is 2.70. The Balaban J connectivity index is 1.85. The molecule has 110 valence electrons. The van der Waals surface area contributed by atoms with Crippen molar-refractivity contribution in [2.75, 3.05) is 0 Å². The predicted molar refractivity (Wildman–Crippen MR) is 77.7 cm³/mol. The smallest absolute Gasteiger partial charge is 0.318 e. The molecule has 1 heterocycles. The number of rotatable bonds is 7. The zero-order valence-electron chi connectivity index (χ0n) is 11.5. The maximum atomic E-state index is 12.3. The van der Waals surface area contributed by atoms with Crippen LogP contribution in [0.15, 0.2) is 16.8 Å². The number of thiophene rings is 1. The van der Waals surface area contributed by atoms with Crippen molar-refractivity contribution >= 4 is 23.3 Å². The average Bonchev–Trinajstić information content (AvgIpc) is 3.10. The highest BCUT2D eigenvalue weighted by Gasteiger charge is 2.33. The van der Waals surface area contributed by atoms with Gasteiger partial charge in [0, 0.05) is 25.0 Å². The summed E-state index contributed by atoms with van der Waals surface area (Å²) in [7, 11) is 0. The van der Waals surface area contributed by atoms with Crippen LogP contribution in [-0.2, 0) is 11.3 Å². The van der Waals surface area contributed by atoms with Crippen LogP contribution in [0.5, 0.6) is 0 Å². The molecule has 0 saturated heterocycles. The van der Waals surface area contributed by atoms with Gasteiger partial charge in [0.05, 0.1) is 0 Å². The van der Waals surface area contributed by atoms with Gasteiger partial charge in [-0.2, -0.15) is 11.3 Å². The van der Waals surface area contributed by atoms with E-state index in [2.05, 4.69) is 10.7 Å². The van der Waals surface area contributed by atoms with E-state index < -0.39 is 5.97 Å². The Morgan fingerprint density at radius 3 is 2.85 bits per heavy atom.